The van der Waals surface area contributed by atoms with Gasteiger partial charge in [-0.1, -0.05) is 48.0 Å². The molecule has 0 saturated carbocycles. The van der Waals surface area contributed by atoms with Crippen molar-refractivity contribution in [2.45, 2.75) is 19.5 Å². The molecule has 2 aromatic carbocycles. The number of rotatable bonds is 4. The van der Waals surface area contributed by atoms with Gasteiger partial charge in [0.05, 0.1) is 0 Å². The highest BCUT2D eigenvalue weighted by Crippen LogP contribution is 2.24. The molecular formula is C18H19ClN2. The Kier molecular flexibility index (Phi) is 4.00. The van der Waals surface area contributed by atoms with Crippen LogP contribution in [0.2, 0.25) is 5.02 Å². The molecule has 3 rings (SSSR count). The Balaban J connectivity index is 1.79. The van der Waals surface area contributed by atoms with Gasteiger partial charge in [-0.3, -0.25) is 0 Å². The van der Waals surface area contributed by atoms with Gasteiger partial charge in [0.25, 0.3) is 0 Å². The topological polar surface area (TPSA) is 17.0 Å². The predicted molar refractivity (Wildman–Crippen MR) is 89.6 cm³/mol. The van der Waals surface area contributed by atoms with E-state index >= 15 is 0 Å². The fourth-order valence-electron chi connectivity index (χ4n) is 2.77. The molecule has 2 nitrogen and oxygen atoms in total. The van der Waals surface area contributed by atoms with Crippen LogP contribution >= 0.6 is 11.6 Å². The van der Waals surface area contributed by atoms with Crippen LogP contribution in [0.25, 0.3) is 10.9 Å². The van der Waals surface area contributed by atoms with Crippen molar-refractivity contribution in [3.05, 3.63) is 70.9 Å². The average Bonchev–Trinajstić information content (AvgIpc) is 2.82. The van der Waals surface area contributed by atoms with Crippen LogP contribution in [0.15, 0.2) is 54.7 Å². The van der Waals surface area contributed by atoms with Crippen LogP contribution in [0.1, 0.15) is 24.1 Å². The normalized spacial score (nSPS) is 12.7. The number of halogens is 1. The largest absolute Gasteiger partial charge is 0.350 e. The highest BCUT2D eigenvalue weighted by Gasteiger charge is 2.10. The van der Waals surface area contributed by atoms with Crippen LogP contribution in [0, 0.1) is 0 Å². The first kappa shape index (κ1) is 14.2. The first-order chi connectivity index (χ1) is 10.2. The molecule has 0 aliphatic heterocycles. The summed E-state index contributed by atoms with van der Waals surface area (Å²) in [5, 5.41) is 5.68. The summed E-state index contributed by atoms with van der Waals surface area (Å²) in [6.45, 7) is 2.97. The Hall–Kier alpha value is -1.77. The van der Waals surface area contributed by atoms with Crippen LogP contribution in [-0.2, 0) is 13.6 Å². The summed E-state index contributed by atoms with van der Waals surface area (Å²) in [7, 11) is 2.09. The van der Waals surface area contributed by atoms with E-state index in [1.54, 1.807) is 0 Å². The number of aromatic nitrogens is 1. The monoisotopic (exact) mass is 298 g/mol. The summed E-state index contributed by atoms with van der Waals surface area (Å²) >= 11 is 6.26. The van der Waals surface area contributed by atoms with E-state index in [1.807, 2.05) is 18.2 Å². The van der Waals surface area contributed by atoms with Crippen LogP contribution in [0.3, 0.4) is 0 Å². The van der Waals surface area contributed by atoms with Crippen molar-refractivity contribution in [2.75, 3.05) is 0 Å². The summed E-state index contributed by atoms with van der Waals surface area (Å²) in [5.41, 5.74) is 3.71. The fraction of sp³-hybridized carbons (Fsp3) is 0.222. The highest BCUT2D eigenvalue weighted by atomic mass is 35.5. The maximum atomic E-state index is 6.26. The minimum absolute atomic E-state index is 0.220. The molecule has 21 heavy (non-hydrogen) atoms. The summed E-state index contributed by atoms with van der Waals surface area (Å²) in [6.07, 6.45) is 2.19. The maximum Gasteiger partial charge on any atom is 0.0481 e. The molecular weight excluding hydrogens is 280 g/mol. The fourth-order valence-corrected chi connectivity index (χ4v) is 3.07. The molecule has 1 aromatic heterocycles. The second-order valence-electron chi connectivity index (χ2n) is 5.41. The molecule has 0 aliphatic carbocycles. The first-order valence-corrected chi connectivity index (χ1v) is 7.55. The van der Waals surface area contributed by atoms with E-state index in [9.17, 15) is 0 Å². The molecule has 3 heteroatoms. The average molecular weight is 299 g/mol. The molecule has 1 N–H and O–H groups in total. The lowest BCUT2D eigenvalue weighted by Gasteiger charge is -2.15. The van der Waals surface area contributed by atoms with Crippen LogP contribution in [0.5, 0.6) is 0 Å². The predicted octanol–water partition coefficient (Wildman–Crippen LogP) is 4.68. The zero-order chi connectivity index (χ0) is 14.8. The third-order valence-electron chi connectivity index (χ3n) is 3.95. The first-order valence-electron chi connectivity index (χ1n) is 7.17. The Morgan fingerprint density at radius 2 is 1.81 bits per heavy atom. The maximum absolute atomic E-state index is 6.26. The standard InChI is InChI=1S/C18H19ClN2/c1-13(15-7-3-5-9-17(15)19)20-11-14-12-21(2)18-10-6-4-8-16(14)18/h3-10,12-13,20H,11H2,1-2H3/t13-/m0/s1. The second-order valence-corrected chi connectivity index (χ2v) is 5.81. The molecule has 3 aromatic rings. The smallest absolute Gasteiger partial charge is 0.0481 e. The van der Waals surface area contributed by atoms with E-state index in [0.717, 1.165) is 17.1 Å². The molecule has 0 spiro atoms. The summed E-state index contributed by atoms with van der Waals surface area (Å²) in [4.78, 5) is 0. The number of hydrogen-bond acceptors (Lipinski definition) is 1. The Morgan fingerprint density at radius 1 is 1.10 bits per heavy atom. The lowest BCUT2D eigenvalue weighted by atomic mass is 10.1. The molecule has 0 aliphatic rings. The number of fused-ring (bicyclic) bond motifs is 1. The van der Waals surface area contributed by atoms with Gasteiger partial charge in [0.2, 0.25) is 0 Å². The zero-order valence-corrected chi connectivity index (χ0v) is 13.1. The van der Waals surface area contributed by atoms with Gasteiger partial charge >= 0.3 is 0 Å². The summed E-state index contributed by atoms with van der Waals surface area (Å²) in [6, 6.07) is 16.7. The van der Waals surface area contributed by atoms with Crippen molar-refractivity contribution >= 4 is 22.5 Å². The van der Waals surface area contributed by atoms with Gasteiger partial charge in [-0.25, -0.2) is 0 Å². The lowest BCUT2D eigenvalue weighted by Crippen LogP contribution is -2.18. The quantitative estimate of drug-likeness (QED) is 0.740. The third-order valence-corrected chi connectivity index (χ3v) is 4.29. The molecule has 0 unspecified atom stereocenters. The van der Waals surface area contributed by atoms with Crippen molar-refractivity contribution in [1.29, 1.82) is 0 Å². The molecule has 1 atom stereocenters. The van der Waals surface area contributed by atoms with Gasteiger partial charge in [0.1, 0.15) is 0 Å². The Labute approximate surface area is 130 Å². The van der Waals surface area contributed by atoms with Gasteiger partial charge in [-0.05, 0) is 30.2 Å². The van der Waals surface area contributed by atoms with Gasteiger partial charge in [0.15, 0.2) is 0 Å². The molecule has 108 valence electrons. The number of benzene rings is 2. The molecule has 0 saturated heterocycles. The Bertz CT molecular complexity index is 761. The molecule has 0 radical (unpaired) electrons. The van der Waals surface area contributed by atoms with E-state index in [-0.39, 0.29) is 6.04 Å². The second kappa shape index (κ2) is 5.92. The Morgan fingerprint density at radius 3 is 2.62 bits per heavy atom. The van der Waals surface area contributed by atoms with Gasteiger partial charge in [0, 0.05) is 41.8 Å². The van der Waals surface area contributed by atoms with Crippen LogP contribution in [0.4, 0.5) is 0 Å². The van der Waals surface area contributed by atoms with Gasteiger partial charge in [-0.15, -0.1) is 0 Å². The van der Waals surface area contributed by atoms with Crippen LogP contribution < -0.4 is 5.32 Å². The zero-order valence-electron chi connectivity index (χ0n) is 12.3. The number of hydrogen-bond donors (Lipinski definition) is 1. The number of nitrogens with zero attached hydrogens (tertiary/aromatic N) is 1. The minimum Gasteiger partial charge on any atom is -0.350 e. The van der Waals surface area contributed by atoms with Crippen molar-refractivity contribution in [3.63, 3.8) is 0 Å². The van der Waals surface area contributed by atoms with E-state index in [0.29, 0.717) is 0 Å². The van der Waals surface area contributed by atoms with E-state index in [2.05, 4.69) is 60.4 Å². The minimum atomic E-state index is 0.220. The van der Waals surface area contributed by atoms with Crippen molar-refractivity contribution < 1.29 is 0 Å². The van der Waals surface area contributed by atoms with Crippen molar-refractivity contribution in [1.82, 2.24) is 9.88 Å². The molecule has 0 bridgehead atoms. The number of para-hydroxylation sites is 1. The van der Waals surface area contributed by atoms with Crippen molar-refractivity contribution in [2.24, 2.45) is 7.05 Å². The molecule has 0 fully saturated rings. The van der Waals surface area contributed by atoms with E-state index < -0.39 is 0 Å². The molecule has 0 amide bonds. The molecule has 1 heterocycles. The van der Waals surface area contributed by atoms with Crippen molar-refractivity contribution in [3.8, 4) is 0 Å². The lowest BCUT2D eigenvalue weighted by molar-refractivity contribution is 0.576. The van der Waals surface area contributed by atoms with Gasteiger partial charge in [-0.2, -0.15) is 0 Å². The third kappa shape index (κ3) is 2.82. The SMILES string of the molecule is C[C@H](NCc1cn(C)c2ccccc12)c1ccccc1Cl. The summed E-state index contributed by atoms with van der Waals surface area (Å²) in [5.74, 6) is 0. The van der Waals surface area contributed by atoms with E-state index in [4.69, 9.17) is 11.6 Å². The van der Waals surface area contributed by atoms with E-state index in [1.165, 1.54) is 16.5 Å². The van der Waals surface area contributed by atoms with Gasteiger partial charge < -0.3 is 9.88 Å². The number of aryl methyl sites for hydroxylation is 1. The highest BCUT2D eigenvalue weighted by molar-refractivity contribution is 6.31. The van der Waals surface area contributed by atoms with Crippen LogP contribution in [-0.4, -0.2) is 4.57 Å². The summed E-state index contributed by atoms with van der Waals surface area (Å²) < 4.78 is 2.17. The number of nitrogens with one attached hydrogen (secondary N) is 1.